The number of aromatic nitrogens is 2. The van der Waals surface area contributed by atoms with Crippen molar-refractivity contribution in [3.05, 3.63) is 106 Å². The fourth-order valence-electron chi connectivity index (χ4n) is 5.84. The van der Waals surface area contributed by atoms with Gasteiger partial charge in [0.25, 0.3) is 6.01 Å². The molecule has 2 aromatic carbocycles. The van der Waals surface area contributed by atoms with Gasteiger partial charge in [-0.25, -0.2) is 9.37 Å². The third-order valence-electron chi connectivity index (χ3n) is 8.37. The van der Waals surface area contributed by atoms with Gasteiger partial charge in [0.1, 0.15) is 11.6 Å². The maximum atomic E-state index is 14.0. The highest BCUT2D eigenvalue weighted by atomic mass is 35.5. The summed E-state index contributed by atoms with van der Waals surface area (Å²) >= 11 is 5.98. The summed E-state index contributed by atoms with van der Waals surface area (Å²) in [6.07, 6.45) is -3.10. The minimum Gasteiger partial charge on any atom is -0.420 e. The Morgan fingerprint density at radius 1 is 0.913 bits per heavy atom. The molecule has 1 atom stereocenters. The number of nitrogens with zero attached hydrogens (tertiary/aromatic N) is 5. The topological polar surface area (TPSA) is 82.8 Å². The van der Waals surface area contributed by atoms with Gasteiger partial charge >= 0.3 is 6.18 Å². The van der Waals surface area contributed by atoms with E-state index in [1.54, 1.807) is 52.3 Å². The van der Waals surface area contributed by atoms with Crippen LogP contribution in [0, 0.1) is 5.82 Å². The number of hydrogen-bond acceptors (Lipinski definition) is 7. The second-order valence-electron chi connectivity index (χ2n) is 11.4. The molecule has 0 spiro atoms. The molecule has 0 radical (unpaired) electrons. The van der Waals surface area contributed by atoms with Crippen LogP contribution in [0.3, 0.4) is 0 Å². The zero-order valence-corrected chi connectivity index (χ0v) is 25.4. The molecular formula is C33H30ClF4N5O3. The number of Topliss-reactive ketones (excluding diaryl/α,β-unsaturated/α-hetero) is 1. The molecule has 2 aromatic heterocycles. The van der Waals surface area contributed by atoms with Crippen molar-refractivity contribution >= 4 is 35.1 Å². The quantitative estimate of drug-likeness (QED) is 0.165. The molecular weight excluding hydrogens is 626 g/mol. The Balaban J connectivity index is 1.07. The summed E-state index contributed by atoms with van der Waals surface area (Å²) in [5.41, 5.74) is 0.443. The van der Waals surface area contributed by atoms with E-state index in [0.717, 1.165) is 5.56 Å². The molecule has 2 saturated heterocycles. The number of anilines is 2. The van der Waals surface area contributed by atoms with Crippen LogP contribution in [0.4, 0.5) is 29.4 Å². The Morgan fingerprint density at radius 2 is 1.65 bits per heavy atom. The normalized spacial score (nSPS) is 17.1. The smallest absolute Gasteiger partial charge is 0.420 e. The summed E-state index contributed by atoms with van der Waals surface area (Å²) in [5, 5.41) is 0.597. The summed E-state index contributed by atoms with van der Waals surface area (Å²) in [4.78, 5) is 39.2. The SMILES string of the molecule is O=C(Cc1ccc(N2CCN(C(=O)Cc3ccccc3F)CC2)nc1)c1oc(N2CCC(c3ccc(Cl)cc3)C2)nc1C(F)(F)F. The van der Waals surface area contributed by atoms with Crippen molar-refractivity contribution in [1.82, 2.24) is 14.9 Å². The van der Waals surface area contributed by atoms with Crippen LogP contribution in [-0.4, -0.2) is 65.8 Å². The summed E-state index contributed by atoms with van der Waals surface area (Å²) in [6, 6.07) is 16.6. The molecule has 1 amide bonds. The number of piperazine rings is 1. The van der Waals surface area contributed by atoms with Gasteiger partial charge in [-0.3, -0.25) is 9.59 Å². The van der Waals surface area contributed by atoms with Crippen molar-refractivity contribution in [3.63, 3.8) is 0 Å². The number of carbonyl (C=O) groups excluding carboxylic acids is 2. The summed E-state index contributed by atoms with van der Waals surface area (Å²) < 4.78 is 61.2. The Bertz CT molecular complexity index is 1700. The Hall–Kier alpha value is -4.45. The number of alkyl halides is 3. The summed E-state index contributed by atoms with van der Waals surface area (Å²) in [7, 11) is 0. The van der Waals surface area contributed by atoms with Crippen LogP contribution in [0.2, 0.25) is 5.02 Å². The largest absolute Gasteiger partial charge is 0.437 e. The highest BCUT2D eigenvalue weighted by molar-refractivity contribution is 6.30. The average molecular weight is 656 g/mol. The third-order valence-corrected chi connectivity index (χ3v) is 8.62. The lowest BCUT2D eigenvalue weighted by Crippen LogP contribution is -2.49. The van der Waals surface area contributed by atoms with Crippen molar-refractivity contribution in [2.75, 3.05) is 49.1 Å². The van der Waals surface area contributed by atoms with E-state index in [0.29, 0.717) is 67.7 Å². The lowest BCUT2D eigenvalue weighted by atomic mass is 9.99. The second-order valence-corrected chi connectivity index (χ2v) is 11.9. The molecule has 0 N–H and O–H groups in total. The van der Waals surface area contributed by atoms with E-state index in [2.05, 4.69) is 9.97 Å². The minimum atomic E-state index is -4.87. The molecule has 240 valence electrons. The summed E-state index contributed by atoms with van der Waals surface area (Å²) in [5.74, 6) is -1.57. The first-order valence-corrected chi connectivity index (χ1v) is 15.3. The van der Waals surface area contributed by atoms with Crippen LogP contribution in [-0.2, 0) is 23.8 Å². The molecule has 8 nitrogen and oxygen atoms in total. The van der Waals surface area contributed by atoms with Gasteiger partial charge in [0.15, 0.2) is 5.69 Å². The first-order valence-electron chi connectivity index (χ1n) is 14.9. The van der Waals surface area contributed by atoms with Crippen molar-refractivity contribution in [3.8, 4) is 0 Å². The van der Waals surface area contributed by atoms with Gasteiger partial charge in [0, 0.05) is 62.8 Å². The third kappa shape index (κ3) is 7.01. The molecule has 0 aliphatic carbocycles. The highest BCUT2D eigenvalue weighted by Gasteiger charge is 2.42. The number of pyridine rings is 1. The fourth-order valence-corrected chi connectivity index (χ4v) is 5.97. The molecule has 2 aliphatic heterocycles. The Kier molecular flexibility index (Phi) is 8.99. The van der Waals surface area contributed by atoms with Crippen LogP contribution >= 0.6 is 11.6 Å². The fraction of sp³-hybridized carbons (Fsp3) is 0.333. The van der Waals surface area contributed by atoms with Gasteiger partial charge < -0.3 is 19.1 Å². The molecule has 0 bridgehead atoms. The number of carbonyl (C=O) groups is 2. The van der Waals surface area contributed by atoms with Gasteiger partial charge in [-0.15, -0.1) is 0 Å². The Labute approximate surface area is 267 Å². The number of hydrogen-bond donors (Lipinski definition) is 0. The molecule has 13 heteroatoms. The van der Waals surface area contributed by atoms with Crippen molar-refractivity contribution in [2.45, 2.75) is 31.4 Å². The number of amides is 1. The van der Waals surface area contributed by atoms with E-state index in [1.165, 1.54) is 12.3 Å². The predicted octanol–water partition coefficient (Wildman–Crippen LogP) is 6.19. The average Bonchev–Trinajstić information content (AvgIpc) is 3.72. The molecule has 4 aromatic rings. The standard InChI is InChI=1S/C33H30ClF4N5O3/c34-25-8-6-22(7-9-25)24-11-12-43(20-24)32-40-31(33(36,37)38)30(46-32)27(44)17-21-5-10-28(39-19-21)41-13-15-42(16-14-41)29(45)18-23-3-1-2-4-26(23)35/h1-10,19,24H,11-18,20H2. The lowest BCUT2D eigenvalue weighted by Gasteiger charge is -2.35. The highest BCUT2D eigenvalue weighted by Crippen LogP contribution is 2.37. The molecule has 46 heavy (non-hydrogen) atoms. The molecule has 4 heterocycles. The molecule has 2 fully saturated rings. The number of halogens is 5. The zero-order valence-electron chi connectivity index (χ0n) is 24.6. The molecule has 6 rings (SSSR count). The van der Waals surface area contributed by atoms with E-state index in [1.807, 2.05) is 17.0 Å². The van der Waals surface area contributed by atoms with Crippen LogP contribution in [0.1, 0.15) is 45.3 Å². The number of rotatable bonds is 8. The van der Waals surface area contributed by atoms with Gasteiger partial charge in [0.2, 0.25) is 17.5 Å². The van der Waals surface area contributed by atoms with E-state index in [9.17, 15) is 27.2 Å². The number of benzene rings is 2. The van der Waals surface area contributed by atoms with E-state index in [-0.39, 0.29) is 30.7 Å². The van der Waals surface area contributed by atoms with Crippen LogP contribution in [0.15, 0.2) is 71.3 Å². The van der Waals surface area contributed by atoms with Crippen molar-refractivity contribution in [2.24, 2.45) is 0 Å². The van der Waals surface area contributed by atoms with Crippen molar-refractivity contribution in [1.29, 1.82) is 0 Å². The van der Waals surface area contributed by atoms with Crippen molar-refractivity contribution < 1.29 is 31.6 Å². The Morgan fingerprint density at radius 3 is 2.33 bits per heavy atom. The first-order chi connectivity index (χ1) is 22.0. The lowest BCUT2D eigenvalue weighted by molar-refractivity contribution is -0.141. The van der Waals surface area contributed by atoms with Gasteiger partial charge in [-0.05, 0) is 47.4 Å². The number of ketones is 1. The first kappa shape index (κ1) is 31.5. The minimum absolute atomic E-state index is 0.0155. The van der Waals surface area contributed by atoms with Gasteiger partial charge in [0.05, 0.1) is 6.42 Å². The molecule has 0 saturated carbocycles. The summed E-state index contributed by atoms with van der Waals surface area (Å²) in [6.45, 7) is 2.69. The van der Waals surface area contributed by atoms with Gasteiger partial charge in [-0.2, -0.15) is 18.2 Å². The van der Waals surface area contributed by atoms with E-state index >= 15 is 0 Å². The second kappa shape index (κ2) is 13.1. The zero-order chi connectivity index (χ0) is 32.4. The van der Waals surface area contributed by atoms with Gasteiger partial charge in [-0.1, -0.05) is 48.0 Å². The van der Waals surface area contributed by atoms with E-state index < -0.39 is 29.2 Å². The molecule has 2 aliphatic rings. The number of oxazole rings is 1. The van der Waals surface area contributed by atoms with E-state index in [4.69, 9.17) is 16.0 Å². The monoisotopic (exact) mass is 655 g/mol. The predicted molar refractivity (Wildman–Crippen MR) is 164 cm³/mol. The van der Waals surface area contributed by atoms with Crippen LogP contribution in [0.25, 0.3) is 0 Å². The maximum Gasteiger partial charge on any atom is 0.437 e. The van der Waals surface area contributed by atoms with Crippen LogP contribution < -0.4 is 9.80 Å². The van der Waals surface area contributed by atoms with Crippen LogP contribution in [0.5, 0.6) is 0 Å². The molecule has 1 unspecified atom stereocenters. The maximum absolute atomic E-state index is 14.0.